The highest BCUT2D eigenvalue weighted by molar-refractivity contribution is 9.11. The van der Waals surface area contributed by atoms with Gasteiger partial charge in [0.2, 0.25) is 0 Å². The molecule has 0 aliphatic carbocycles. The van der Waals surface area contributed by atoms with E-state index in [0.717, 1.165) is 15.6 Å². The van der Waals surface area contributed by atoms with Crippen LogP contribution in [0.3, 0.4) is 0 Å². The zero-order valence-corrected chi connectivity index (χ0v) is 13.9. The maximum absolute atomic E-state index is 13.7. The fourth-order valence-corrected chi connectivity index (χ4v) is 3.36. The summed E-state index contributed by atoms with van der Waals surface area (Å²) in [5.41, 5.74) is 1.73. The molecule has 0 saturated heterocycles. The second-order valence-corrected chi connectivity index (χ2v) is 6.13. The van der Waals surface area contributed by atoms with Gasteiger partial charge in [-0.3, -0.25) is 0 Å². The van der Waals surface area contributed by atoms with Crippen molar-refractivity contribution in [3.05, 3.63) is 62.8 Å². The van der Waals surface area contributed by atoms with E-state index < -0.39 is 0 Å². The Balaban J connectivity index is 2.41. The number of rotatable bonds is 3. The molecule has 0 spiro atoms. The second-order valence-electron chi connectivity index (χ2n) is 3.92. The molecule has 0 radical (unpaired) electrons. The molecule has 0 amide bonds. The van der Waals surface area contributed by atoms with Gasteiger partial charge in [0.15, 0.2) is 11.6 Å². The molecule has 1 atom stereocenters. The van der Waals surface area contributed by atoms with E-state index in [0.29, 0.717) is 5.02 Å². The van der Waals surface area contributed by atoms with Gasteiger partial charge in [0, 0.05) is 9.50 Å². The third-order valence-corrected chi connectivity index (χ3v) is 4.68. The van der Waals surface area contributed by atoms with Crippen LogP contribution in [0.1, 0.15) is 16.0 Å². The van der Waals surface area contributed by atoms with Crippen LogP contribution in [0.2, 0.25) is 5.02 Å². The maximum atomic E-state index is 13.7. The van der Waals surface area contributed by atoms with Crippen LogP contribution in [0.4, 0.5) is 4.39 Å². The Morgan fingerprint density at radius 2 is 1.95 bits per heavy atom. The van der Waals surface area contributed by atoms with Crippen molar-refractivity contribution in [2.24, 2.45) is 0 Å². The molecule has 2 rings (SSSR count). The van der Waals surface area contributed by atoms with E-state index in [-0.39, 0.29) is 16.4 Å². The Bertz CT molecular complexity index is 604. The van der Waals surface area contributed by atoms with Crippen molar-refractivity contribution < 1.29 is 9.13 Å². The lowest BCUT2D eigenvalue weighted by atomic mass is 10.0. The van der Waals surface area contributed by atoms with Gasteiger partial charge in [-0.05, 0) is 41.5 Å². The van der Waals surface area contributed by atoms with Gasteiger partial charge < -0.3 is 4.74 Å². The van der Waals surface area contributed by atoms with Crippen molar-refractivity contribution in [1.82, 2.24) is 0 Å². The SMILES string of the molecule is COc1ccc(C(Br)c2cc(Cl)ccc2Br)cc1F. The molecule has 0 saturated carbocycles. The topological polar surface area (TPSA) is 9.23 Å². The van der Waals surface area contributed by atoms with Crippen LogP contribution >= 0.6 is 43.5 Å². The van der Waals surface area contributed by atoms with Gasteiger partial charge in [0.1, 0.15) is 0 Å². The summed E-state index contributed by atoms with van der Waals surface area (Å²) in [4.78, 5) is -0.152. The summed E-state index contributed by atoms with van der Waals surface area (Å²) in [6.07, 6.45) is 0. The van der Waals surface area contributed by atoms with Crippen LogP contribution in [-0.4, -0.2) is 7.11 Å². The van der Waals surface area contributed by atoms with Gasteiger partial charge in [-0.1, -0.05) is 49.5 Å². The molecule has 1 nitrogen and oxygen atoms in total. The van der Waals surface area contributed by atoms with Crippen molar-refractivity contribution in [2.75, 3.05) is 7.11 Å². The van der Waals surface area contributed by atoms with E-state index in [1.165, 1.54) is 13.2 Å². The van der Waals surface area contributed by atoms with E-state index >= 15 is 0 Å². The highest BCUT2D eigenvalue weighted by Gasteiger charge is 2.16. The molecule has 0 bridgehead atoms. The average molecular weight is 408 g/mol. The molecule has 1 unspecified atom stereocenters. The van der Waals surface area contributed by atoms with Crippen molar-refractivity contribution >= 4 is 43.5 Å². The number of benzene rings is 2. The van der Waals surface area contributed by atoms with Gasteiger partial charge in [-0.25, -0.2) is 4.39 Å². The summed E-state index contributed by atoms with van der Waals surface area (Å²) in [6.45, 7) is 0. The minimum Gasteiger partial charge on any atom is -0.494 e. The zero-order chi connectivity index (χ0) is 14.0. The second kappa shape index (κ2) is 6.25. The first-order valence-corrected chi connectivity index (χ1v) is 7.54. The lowest BCUT2D eigenvalue weighted by molar-refractivity contribution is 0.386. The third kappa shape index (κ3) is 3.30. The minimum absolute atomic E-state index is 0.152. The van der Waals surface area contributed by atoms with E-state index in [9.17, 15) is 4.39 Å². The largest absolute Gasteiger partial charge is 0.494 e. The number of ether oxygens (including phenoxy) is 1. The number of hydrogen-bond acceptors (Lipinski definition) is 1. The van der Waals surface area contributed by atoms with Gasteiger partial charge in [-0.2, -0.15) is 0 Å². The molecule has 0 heterocycles. The fraction of sp³-hybridized carbons (Fsp3) is 0.143. The van der Waals surface area contributed by atoms with Crippen LogP contribution in [0.5, 0.6) is 5.75 Å². The molecule has 19 heavy (non-hydrogen) atoms. The molecule has 0 aliphatic rings. The lowest BCUT2D eigenvalue weighted by Crippen LogP contribution is -1.96. The molecule has 0 aromatic heterocycles. The summed E-state index contributed by atoms with van der Waals surface area (Å²) in [7, 11) is 1.44. The number of methoxy groups -OCH3 is 1. The molecule has 5 heteroatoms. The molecular formula is C14H10Br2ClFO. The maximum Gasteiger partial charge on any atom is 0.165 e. The minimum atomic E-state index is -0.386. The van der Waals surface area contributed by atoms with Gasteiger partial charge in [0.25, 0.3) is 0 Å². The van der Waals surface area contributed by atoms with Crippen molar-refractivity contribution in [3.63, 3.8) is 0 Å². The molecule has 100 valence electrons. The standard InChI is InChI=1S/C14H10Br2ClFO/c1-19-13-5-2-8(6-12(13)18)14(16)10-7-9(17)3-4-11(10)15/h2-7,14H,1H3. The summed E-state index contributed by atoms with van der Waals surface area (Å²) in [5.74, 6) is -0.156. The van der Waals surface area contributed by atoms with Gasteiger partial charge >= 0.3 is 0 Å². The number of hydrogen-bond donors (Lipinski definition) is 0. The van der Waals surface area contributed by atoms with Crippen LogP contribution < -0.4 is 4.74 Å². The Hall–Kier alpha value is -0.580. The predicted molar refractivity (Wildman–Crippen MR) is 82.9 cm³/mol. The smallest absolute Gasteiger partial charge is 0.165 e. The Kier molecular flexibility index (Phi) is 4.87. The first-order valence-electron chi connectivity index (χ1n) is 5.45. The monoisotopic (exact) mass is 406 g/mol. The molecular weight excluding hydrogens is 398 g/mol. The summed E-state index contributed by atoms with van der Waals surface area (Å²) >= 11 is 13.0. The molecule has 0 N–H and O–H groups in total. The quantitative estimate of drug-likeness (QED) is 0.589. The fourth-order valence-electron chi connectivity index (χ4n) is 1.73. The van der Waals surface area contributed by atoms with Crippen molar-refractivity contribution in [3.8, 4) is 5.75 Å². The van der Waals surface area contributed by atoms with Gasteiger partial charge in [0.05, 0.1) is 11.9 Å². The zero-order valence-electron chi connectivity index (χ0n) is 9.96. The van der Waals surface area contributed by atoms with E-state index in [4.69, 9.17) is 16.3 Å². The highest BCUT2D eigenvalue weighted by Crippen LogP contribution is 2.37. The van der Waals surface area contributed by atoms with E-state index in [2.05, 4.69) is 31.9 Å². The van der Waals surface area contributed by atoms with Crippen LogP contribution in [0.15, 0.2) is 40.9 Å². The summed E-state index contributed by atoms with van der Waals surface area (Å²) in [5, 5.41) is 0.636. The van der Waals surface area contributed by atoms with E-state index in [1.54, 1.807) is 12.1 Å². The lowest BCUT2D eigenvalue weighted by Gasteiger charge is -2.14. The Morgan fingerprint density at radius 3 is 2.58 bits per heavy atom. The normalized spacial score (nSPS) is 12.3. The van der Waals surface area contributed by atoms with Crippen LogP contribution in [0.25, 0.3) is 0 Å². The number of alkyl halides is 1. The van der Waals surface area contributed by atoms with Crippen molar-refractivity contribution in [1.29, 1.82) is 0 Å². The Labute approximate surface area is 133 Å². The molecule has 2 aromatic carbocycles. The van der Waals surface area contributed by atoms with Crippen LogP contribution in [0, 0.1) is 5.82 Å². The van der Waals surface area contributed by atoms with Gasteiger partial charge in [-0.15, -0.1) is 0 Å². The Morgan fingerprint density at radius 1 is 1.21 bits per heavy atom. The first kappa shape index (κ1) is 14.8. The molecule has 2 aromatic rings. The van der Waals surface area contributed by atoms with E-state index in [1.807, 2.05) is 18.2 Å². The summed E-state index contributed by atoms with van der Waals surface area (Å²) in [6, 6.07) is 10.4. The summed E-state index contributed by atoms with van der Waals surface area (Å²) < 4.78 is 19.5. The third-order valence-electron chi connectivity index (χ3n) is 2.70. The molecule has 0 aliphatic heterocycles. The highest BCUT2D eigenvalue weighted by atomic mass is 79.9. The van der Waals surface area contributed by atoms with Crippen LogP contribution in [-0.2, 0) is 0 Å². The van der Waals surface area contributed by atoms with Crippen molar-refractivity contribution in [2.45, 2.75) is 4.83 Å². The number of halogens is 4. The first-order chi connectivity index (χ1) is 9.02. The average Bonchev–Trinajstić information content (AvgIpc) is 2.40. The molecule has 0 fully saturated rings. The predicted octanol–water partition coefficient (Wildman–Crippen LogP) is 5.73.